The molecule has 1 atom stereocenters. The number of nitrogens with zero attached hydrogens (tertiary/aromatic N) is 1. The summed E-state index contributed by atoms with van der Waals surface area (Å²) in [4.78, 5) is 13.5. The fourth-order valence-corrected chi connectivity index (χ4v) is 3.38. The van der Waals surface area contributed by atoms with E-state index in [2.05, 4.69) is 16.7 Å². The smallest absolute Gasteiger partial charge is 0.135 e. The summed E-state index contributed by atoms with van der Waals surface area (Å²) in [6.45, 7) is 3.24. The Morgan fingerprint density at radius 1 is 1.38 bits per heavy atom. The molecule has 2 saturated heterocycles. The average molecular weight is 199 g/mol. The molecule has 0 aliphatic carbocycles. The second-order valence-corrected chi connectivity index (χ2v) is 5.38. The van der Waals surface area contributed by atoms with Gasteiger partial charge in [-0.1, -0.05) is 0 Å². The molecule has 0 aromatic rings. The summed E-state index contributed by atoms with van der Waals surface area (Å²) >= 11 is 2.11. The number of hydrogen-bond acceptors (Lipinski definition) is 3. The highest BCUT2D eigenvalue weighted by Crippen LogP contribution is 2.27. The summed E-state index contributed by atoms with van der Waals surface area (Å²) < 4.78 is 0. The number of piperidine rings is 1. The van der Waals surface area contributed by atoms with Crippen LogP contribution in [0.3, 0.4) is 0 Å². The zero-order chi connectivity index (χ0) is 9.10. The summed E-state index contributed by atoms with van der Waals surface area (Å²) in [6.07, 6.45) is 4.35. The van der Waals surface area contributed by atoms with Crippen molar-refractivity contribution in [1.29, 1.82) is 0 Å². The van der Waals surface area contributed by atoms with E-state index in [4.69, 9.17) is 0 Å². The van der Waals surface area contributed by atoms with E-state index in [1.54, 1.807) is 0 Å². The largest absolute Gasteiger partial charge is 0.301 e. The van der Waals surface area contributed by atoms with Crippen molar-refractivity contribution in [3.8, 4) is 0 Å². The molecule has 0 saturated carbocycles. The molecule has 0 aromatic heterocycles. The Morgan fingerprint density at radius 2 is 2.15 bits per heavy atom. The number of rotatable bonds is 2. The summed E-state index contributed by atoms with van der Waals surface area (Å²) in [7, 11) is 0. The van der Waals surface area contributed by atoms with Crippen molar-refractivity contribution in [3.05, 3.63) is 0 Å². The second-order valence-electron chi connectivity index (χ2n) is 3.97. The highest BCUT2D eigenvalue weighted by Gasteiger charge is 2.22. The van der Waals surface area contributed by atoms with Gasteiger partial charge in [0, 0.05) is 37.7 Å². The number of carbonyl (C=O) groups is 1. The zero-order valence-corrected chi connectivity index (χ0v) is 8.81. The summed E-state index contributed by atoms with van der Waals surface area (Å²) in [6, 6.07) is 0. The Morgan fingerprint density at radius 3 is 2.77 bits per heavy atom. The molecule has 2 heterocycles. The van der Waals surface area contributed by atoms with Gasteiger partial charge in [0.05, 0.1) is 0 Å². The number of likely N-dealkylation sites (tertiary alicyclic amines) is 1. The Hall–Kier alpha value is -0.0200. The van der Waals surface area contributed by atoms with Gasteiger partial charge in [0.25, 0.3) is 0 Å². The molecule has 2 aliphatic heterocycles. The molecule has 0 aromatic carbocycles. The molecule has 2 rings (SSSR count). The van der Waals surface area contributed by atoms with Gasteiger partial charge in [-0.25, -0.2) is 0 Å². The normalized spacial score (nSPS) is 31.1. The van der Waals surface area contributed by atoms with Crippen LogP contribution in [0.1, 0.15) is 25.7 Å². The van der Waals surface area contributed by atoms with E-state index in [0.717, 1.165) is 31.2 Å². The van der Waals surface area contributed by atoms with Gasteiger partial charge >= 0.3 is 0 Å². The Balaban J connectivity index is 1.72. The second kappa shape index (κ2) is 4.47. The van der Waals surface area contributed by atoms with E-state index in [-0.39, 0.29) is 0 Å². The first-order chi connectivity index (χ1) is 6.34. The molecule has 0 spiro atoms. The van der Waals surface area contributed by atoms with Crippen molar-refractivity contribution in [2.75, 3.05) is 25.4 Å². The Kier molecular flexibility index (Phi) is 3.28. The van der Waals surface area contributed by atoms with Crippen LogP contribution in [0.25, 0.3) is 0 Å². The lowest BCUT2D eigenvalue weighted by molar-refractivity contribution is -0.121. The molecule has 1 unspecified atom stereocenters. The summed E-state index contributed by atoms with van der Waals surface area (Å²) in [5.74, 6) is 1.80. The fourth-order valence-electron chi connectivity index (χ4n) is 2.06. The maximum atomic E-state index is 11.0. The van der Waals surface area contributed by atoms with Crippen molar-refractivity contribution in [1.82, 2.24) is 4.90 Å². The van der Waals surface area contributed by atoms with Crippen LogP contribution < -0.4 is 0 Å². The first-order valence-electron chi connectivity index (χ1n) is 5.20. The lowest BCUT2D eigenvalue weighted by Gasteiger charge is -2.27. The molecule has 0 bridgehead atoms. The van der Waals surface area contributed by atoms with E-state index in [9.17, 15) is 4.79 Å². The van der Waals surface area contributed by atoms with Crippen LogP contribution in [0.5, 0.6) is 0 Å². The summed E-state index contributed by atoms with van der Waals surface area (Å²) in [5, 5.41) is 0.855. The van der Waals surface area contributed by atoms with E-state index >= 15 is 0 Å². The highest BCUT2D eigenvalue weighted by atomic mass is 32.2. The predicted molar refractivity (Wildman–Crippen MR) is 56.2 cm³/mol. The fraction of sp³-hybridized carbons (Fsp3) is 0.900. The van der Waals surface area contributed by atoms with Gasteiger partial charge in [-0.15, -0.1) is 0 Å². The van der Waals surface area contributed by atoms with E-state index in [1.807, 2.05) is 0 Å². The molecular formula is C10H17NOS. The predicted octanol–water partition coefficient (Wildman–Crippen LogP) is 1.55. The van der Waals surface area contributed by atoms with Crippen molar-refractivity contribution in [2.45, 2.75) is 30.9 Å². The van der Waals surface area contributed by atoms with Crippen molar-refractivity contribution < 1.29 is 4.79 Å². The third-order valence-corrected chi connectivity index (χ3v) is 4.28. The van der Waals surface area contributed by atoms with Crippen LogP contribution in [0, 0.1) is 0 Å². The summed E-state index contributed by atoms with van der Waals surface area (Å²) in [5.41, 5.74) is 0. The lowest BCUT2D eigenvalue weighted by atomic mass is 10.1. The van der Waals surface area contributed by atoms with Gasteiger partial charge in [-0.2, -0.15) is 11.8 Å². The van der Waals surface area contributed by atoms with Gasteiger partial charge in [0.15, 0.2) is 0 Å². The van der Waals surface area contributed by atoms with Gasteiger partial charge in [-0.3, -0.25) is 4.79 Å². The van der Waals surface area contributed by atoms with Crippen molar-refractivity contribution in [2.24, 2.45) is 0 Å². The standard InChI is InChI=1S/C10H17NOS/c12-9-3-5-11(6-4-9)8-10-2-1-7-13-10/h10H,1-8H2. The topological polar surface area (TPSA) is 20.3 Å². The van der Waals surface area contributed by atoms with Gasteiger partial charge in [-0.05, 0) is 18.6 Å². The Bertz CT molecular complexity index is 179. The number of ketones is 1. The van der Waals surface area contributed by atoms with Crippen LogP contribution in [-0.2, 0) is 4.79 Å². The Labute approximate surface area is 84.1 Å². The van der Waals surface area contributed by atoms with Gasteiger partial charge in [0.1, 0.15) is 5.78 Å². The van der Waals surface area contributed by atoms with E-state index < -0.39 is 0 Å². The lowest BCUT2D eigenvalue weighted by Crippen LogP contribution is -2.37. The van der Waals surface area contributed by atoms with E-state index in [0.29, 0.717) is 5.78 Å². The minimum atomic E-state index is 0.454. The molecule has 2 fully saturated rings. The highest BCUT2D eigenvalue weighted by molar-refractivity contribution is 8.00. The number of thioether (sulfide) groups is 1. The van der Waals surface area contributed by atoms with Crippen LogP contribution >= 0.6 is 11.8 Å². The molecule has 3 heteroatoms. The molecule has 0 N–H and O–H groups in total. The molecule has 2 nitrogen and oxygen atoms in total. The van der Waals surface area contributed by atoms with E-state index in [1.165, 1.54) is 25.1 Å². The molecule has 0 radical (unpaired) electrons. The molecule has 2 aliphatic rings. The monoisotopic (exact) mass is 199 g/mol. The van der Waals surface area contributed by atoms with Crippen molar-refractivity contribution in [3.63, 3.8) is 0 Å². The van der Waals surface area contributed by atoms with Crippen LogP contribution in [0.2, 0.25) is 0 Å². The SMILES string of the molecule is O=C1CCN(CC2CCCS2)CC1. The first-order valence-corrected chi connectivity index (χ1v) is 6.25. The van der Waals surface area contributed by atoms with Crippen LogP contribution in [0.15, 0.2) is 0 Å². The third-order valence-electron chi connectivity index (χ3n) is 2.90. The average Bonchev–Trinajstić information content (AvgIpc) is 2.62. The van der Waals surface area contributed by atoms with Gasteiger partial charge < -0.3 is 4.90 Å². The number of hydrogen-bond donors (Lipinski definition) is 0. The quantitative estimate of drug-likeness (QED) is 0.673. The van der Waals surface area contributed by atoms with Gasteiger partial charge in [0.2, 0.25) is 0 Å². The third kappa shape index (κ3) is 2.71. The molecular weight excluding hydrogens is 182 g/mol. The number of Topliss-reactive ketones (excluding diaryl/α,β-unsaturated/α-hetero) is 1. The molecule has 0 amide bonds. The first kappa shape index (κ1) is 9.53. The van der Waals surface area contributed by atoms with Crippen LogP contribution in [0.4, 0.5) is 0 Å². The molecule has 74 valence electrons. The number of carbonyl (C=O) groups excluding carboxylic acids is 1. The zero-order valence-electron chi connectivity index (χ0n) is 8.00. The minimum Gasteiger partial charge on any atom is -0.301 e. The van der Waals surface area contributed by atoms with Crippen LogP contribution in [-0.4, -0.2) is 41.3 Å². The maximum Gasteiger partial charge on any atom is 0.135 e. The minimum absolute atomic E-state index is 0.454. The maximum absolute atomic E-state index is 11.0. The molecule has 13 heavy (non-hydrogen) atoms. The van der Waals surface area contributed by atoms with Crippen molar-refractivity contribution >= 4 is 17.5 Å².